The molecular weight excluding hydrogens is 220 g/mol. The van der Waals surface area contributed by atoms with Crippen LogP contribution in [-0.2, 0) is 0 Å². The Morgan fingerprint density at radius 1 is 0.667 bits per heavy atom. The molecule has 2 atom stereocenters. The van der Waals surface area contributed by atoms with Crippen LogP contribution in [0.25, 0.3) is 0 Å². The van der Waals surface area contributed by atoms with Gasteiger partial charge in [0.15, 0.2) is 0 Å². The summed E-state index contributed by atoms with van der Waals surface area (Å²) in [6.07, 6.45) is 15.6. The van der Waals surface area contributed by atoms with Gasteiger partial charge in [-0.15, -0.1) is 0 Å². The normalized spacial score (nSPS) is 14.7. The first-order valence-corrected chi connectivity index (χ1v) is 8.40. The lowest BCUT2D eigenvalue weighted by Crippen LogP contribution is -2.17. The molecule has 0 aliphatic rings. The zero-order chi connectivity index (χ0) is 13.6. The van der Waals surface area contributed by atoms with Crippen LogP contribution in [0.3, 0.4) is 0 Å². The lowest BCUT2D eigenvalue weighted by Gasteiger charge is -2.17. The fourth-order valence-corrected chi connectivity index (χ4v) is 2.60. The fraction of sp³-hybridized carbons (Fsp3) is 1.00. The van der Waals surface area contributed by atoms with Crippen molar-refractivity contribution >= 4 is 0 Å². The minimum atomic E-state index is -0.0606. The molecule has 1 N–H and O–H groups in total. The minimum absolute atomic E-state index is 0.0606. The molecule has 0 aliphatic heterocycles. The van der Waals surface area contributed by atoms with Crippen molar-refractivity contribution in [1.82, 2.24) is 0 Å². The maximum atomic E-state index is 9.95. The van der Waals surface area contributed by atoms with Crippen molar-refractivity contribution in [3.63, 3.8) is 0 Å². The van der Waals surface area contributed by atoms with E-state index in [2.05, 4.69) is 20.8 Å². The second-order valence-corrected chi connectivity index (χ2v) is 5.95. The van der Waals surface area contributed by atoms with Gasteiger partial charge in [0.25, 0.3) is 0 Å². The lowest BCUT2D eigenvalue weighted by molar-refractivity contribution is 0.0996. The standard InChI is InChI=1S/C17H36O/c1-4-6-7-8-9-10-11-12-13-15-17(18)16(3)14-5-2/h16-18H,4-15H2,1-3H3. The lowest BCUT2D eigenvalue weighted by atomic mass is 9.95. The van der Waals surface area contributed by atoms with E-state index in [4.69, 9.17) is 0 Å². The molecule has 0 saturated carbocycles. The maximum absolute atomic E-state index is 9.95. The molecule has 2 unspecified atom stereocenters. The Labute approximate surface area is 115 Å². The molecule has 0 fully saturated rings. The van der Waals surface area contributed by atoms with E-state index in [1.54, 1.807) is 0 Å². The van der Waals surface area contributed by atoms with Crippen LogP contribution in [0.1, 0.15) is 97.8 Å². The van der Waals surface area contributed by atoms with Crippen LogP contribution in [0.2, 0.25) is 0 Å². The molecule has 18 heavy (non-hydrogen) atoms. The van der Waals surface area contributed by atoms with Crippen molar-refractivity contribution in [3.05, 3.63) is 0 Å². The van der Waals surface area contributed by atoms with Crippen molar-refractivity contribution in [3.8, 4) is 0 Å². The summed E-state index contributed by atoms with van der Waals surface area (Å²) >= 11 is 0. The zero-order valence-corrected chi connectivity index (χ0v) is 13.1. The van der Waals surface area contributed by atoms with Crippen molar-refractivity contribution in [2.75, 3.05) is 0 Å². The van der Waals surface area contributed by atoms with E-state index in [0.29, 0.717) is 5.92 Å². The largest absolute Gasteiger partial charge is 0.393 e. The summed E-state index contributed by atoms with van der Waals surface area (Å²) in [6.45, 7) is 6.65. The van der Waals surface area contributed by atoms with Crippen LogP contribution >= 0.6 is 0 Å². The summed E-state index contributed by atoms with van der Waals surface area (Å²) in [6, 6.07) is 0. The van der Waals surface area contributed by atoms with Gasteiger partial charge in [0.05, 0.1) is 6.10 Å². The quantitative estimate of drug-likeness (QED) is 0.419. The Bertz CT molecular complexity index is 156. The molecule has 0 saturated heterocycles. The second-order valence-electron chi connectivity index (χ2n) is 5.95. The third kappa shape index (κ3) is 11.1. The highest BCUT2D eigenvalue weighted by Gasteiger charge is 2.12. The number of hydrogen-bond donors (Lipinski definition) is 1. The van der Waals surface area contributed by atoms with Gasteiger partial charge in [0, 0.05) is 0 Å². The summed E-state index contributed by atoms with van der Waals surface area (Å²) in [5.74, 6) is 0.490. The van der Waals surface area contributed by atoms with Gasteiger partial charge in [-0.3, -0.25) is 0 Å². The Balaban J connectivity index is 3.19. The summed E-state index contributed by atoms with van der Waals surface area (Å²) in [5, 5.41) is 9.95. The van der Waals surface area contributed by atoms with Gasteiger partial charge in [0.2, 0.25) is 0 Å². The predicted molar refractivity (Wildman–Crippen MR) is 81.9 cm³/mol. The molecule has 0 radical (unpaired) electrons. The Morgan fingerprint density at radius 2 is 1.17 bits per heavy atom. The van der Waals surface area contributed by atoms with Crippen LogP contribution in [0.5, 0.6) is 0 Å². The summed E-state index contributed by atoms with van der Waals surface area (Å²) in [7, 11) is 0. The summed E-state index contributed by atoms with van der Waals surface area (Å²) < 4.78 is 0. The third-order valence-electron chi connectivity index (χ3n) is 4.00. The van der Waals surface area contributed by atoms with E-state index in [1.807, 2.05) is 0 Å². The van der Waals surface area contributed by atoms with Crippen LogP contribution < -0.4 is 0 Å². The molecule has 0 aliphatic carbocycles. The van der Waals surface area contributed by atoms with Crippen molar-refractivity contribution in [1.29, 1.82) is 0 Å². The van der Waals surface area contributed by atoms with E-state index in [9.17, 15) is 5.11 Å². The Hall–Kier alpha value is -0.0400. The smallest absolute Gasteiger partial charge is 0.0565 e. The van der Waals surface area contributed by atoms with Crippen molar-refractivity contribution in [2.45, 2.75) is 104 Å². The van der Waals surface area contributed by atoms with Crippen LogP contribution in [0.4, 0.5) is 0 Å². The van der Waals surface area contributed by atoms with E-state index < -0.39 is 0 Å². The highest BCUT2D eigenvalue weighted by molar-refractivity contribution is 4.64. The Morgan fingerprint density at radius 3 is 1.67 bits per heavy atom. The first-order chi connectivity index (χ1) is 8.72. The van der Waals surface area contributed by atoms with Gasteiger partial charge in [-0.05, 0) is 18.8 Å². The molecule has 0 rings (SSSR count). The van der Waals surface area contributed by atoms with Gasteiger partial charge in [-0.2, -0.15) is 0 Å². The molecule has 1 heteroatoms. The predicted octanol–water partition coefficient (Wildman–Crippen LogP) is 5.70. The van der Waals surface area contributed by atoms with Gasteiger partial charge >= 0.3 is 0 Å². The van der Waals surface area contributed by atoms with Crippen LogP contribution in [0.15, 0.2) is 0 Å². The van der Waals surface area contributed by atoms with Crippen LogP contribution in [-0.4, -0.2) is 11.2 Å². The zero-order valence-electron chi connectivity index (χ0n) is 13.1. The number of aliphatic hydroxyl groups excluding tert-OH is 1. The Kier molecular flexibility index (Phi) is 13.4. The fourth-order valence-electron chi connectivity index (χ4n) is 2.60. The SMILES string of the molecule is CCCCCCCCCCCC(O)C(C)CCC. The molecule has 0 aromatic heterocycles. The first-order valence-electron chi connectivity index (χ1n) is 8.40. The van der Waals surface area contributed by atoms with Gasteiger partial charge < -0.3 is 5.11 Å². The van der Waals surface area contributed by atoms with E-state index in [1.165, 1.54) is 70.6 Å². The third-order valence-corrected chi connectivity index (χ3v) is 4.00. The molecule has 0 heterocycles. The molecule has 0 amide bonds. The average Bonchev–Trinajstić information content (AvgIpc) is 2.36. The molecule has 0 bridgehead atoms. The highest BCUT2D eigenvalue weighted by Crippen LogP contribution is 2.17. The van der Waals surface area contributed by atoms with Gasteiger partial charge in [-0.1, -0.05) is 85.0 Å². The molecule has 0 aromatic carbocycles. The minimum Gasteiger partial charge on any atom is -0.393 e. The molecule has 0 aromatic rings. The highest BCUT2D eigenvalue weighted by atomic mass is 16.3. The molecule has 0 spiro atoms. The molecule has 110 valence electrons. The number of rotatable bonds is 13. The van der Waals surface area contributed by atoms with Crippen molar-refractivity contribution in [2.24, 2.45) is 5.92 Å². The number of unbranched alkanes of at least 4 members (excludes halogenated alkanes) is 8. The van der Waals surface area contributed by atoms with Gasteiger partial charge in [-0.25, -0.2) is 0 Å². The monoisotopic (exact) mass is 256 g/mol. The van der Waals surface area contributed by atoms with E-state index in [-0.39, 0.29) is 6.10 Å². The number of aliphatic hydroxyl groups is 1. The second kappa shape index (κ2) is 13.4. The molecular formula is C17H36O. The topological polar surface area (TPSA) is 20.2 Å². The van der Waals surface area contributed by atoms with Crippen molar-refractivity contribution < 1.29 is 5.11 Å². The first kappa shape index (κ1) is 18.0. The molecule has 1 nitrogen and oxygen atoms in total. The van der Waals surface area contributed by atoms with Crippen LogP contribution in [0, 0.1) is 5.92 Å². The number of hydrogen-bond acceptors (Lipinski definition) is 1. The van der Waals surface area contributed by atoms with Gasteiger partial charge in [0.1, 0.15) is 0 Å². The van der Waals surface area contributed by atoms with E-state index >= 15 is 0 Å². The average molecular weight is 256 g/mol. The summed E-state index contributed by atoms with van der Waals surface area (Å²) in [4.78, 5) is 0. The maximum Gasteiger partial charge on any atom is 0.0565 e. The van der Waals surface area contributed by atoms with E-state index in [0.717, 1.165) is 6.42 Å². The summed E-state index contributed by atoms with van der Waals surface area (Å²) in [5.41, 5.74) is 0.